The van der Waals surface area contributed by atoms with Gasteiger partial charge in [-0.25, -0.2) is 4.68 Å². The molecule has 1 unspecified atom stereocenters. The third-order valence-electron chi connectivity index (χ3n) is 3.52. The van der Waals surface area contributed by atoms with E-state index in [1.165, 1.54) is 4.68 Å². The number of amides is 1. The Labute approximate surface area is 116 Å². The molecular weight excluding hydrogens is 262 g/mol. The predicted molar refractivity (Wildman–Crippen MR) is 73.6 cm³/mol. The van der Waals surface area contributed by atoms with Gasteiger partial charge in [0.1, 0.15) is 11.7 Å². The second kappa shape index (κ2) is 5.10. The van der Waals surface area contributed by atoms with Crippen LogP contribution >= 0.6 is 0 Å². The highest BCUT2D eigenvalue weighted by Crippen LogP contribution is 2.33. The standard InChI is InChI=1S/C12H19N5O3/c1-7(2)9-10(17(19)20)11(16(4)14-9)13-8-5-6-15(3)12(8)18/h7-8,13H,5-6H2,1-4H3. The number of aromatic nitrogens is 2. The van der Waals surface area contributed by atoms with Gasteiger partial charge in [0.2, 0.25) is 11.7 Å². The van der Waals surface area contributed by atoms with Crippen molar-refractivity contribution in [3.05, 3.63) is 15.8 Å². The fourth-order valence-corrected chi connectivity index (χ4v) is 2.39. The smallest absolute Gasteiger partial charge is 0.334 e. The molecule has 2 rings (SSSR count). The van der Waals surface area contributed by atoms with Crippen LogP contribution in [0.3, 0.4) is 0 Å². The first-order chi connectivity index (χ1) is 9.32. The van der Waals surface area contributed by atoms with Crippen LogP contribution in [0.15, 0.2) is 0 Å². The summed E-state index contributed by atoms with van der Waals surface area (Å²) >= 11 is 0. The molecule has 1 N–H and O–H groups in total. The Balaban J connectivity index is 2.36. The summed E-state index contributed by atoms with van der Waals surface area (Å²) in [6.07, 6.45) is 0.634. The van der Waals surface area contributed by atoms with Gasteiger partial charge < -0.3 is 10.2 Å². The molecule has 1 aliphatic heterocycles. The topological polar surface area (TPSA) is 93.3 Å². The van der Waals surface area contributed by atoms with Crippen LogP contribution in [0.25, 0.3) is 0 Å². The molecule has 110 valence electrons. The van der Waals surface area contributed by atoms with Gasteiger partial charge in [0, 0.05) is 26.6 Å². The summed E-state index contributed by atoms with van der Waals surface area (Å²) in [7, 11) is 3.37. The van der Waals surface area contributed by atoms with Crippen molar-refractivity contribution in [2.24, 2.45) is 7.05 Å². The molecule has 1 aromatic rings. The fourth-order valence-electron chi connectivity index (χ4n) is 2.39. The molecule has 20 heavy (non-hydrogen) atoms. The van der Waals surface area contributed by atoms with Crippen molar-refractivity contribution in [2.45, 2.75) is 32.2 Å². The molecule has 1 saturated heterocycles. The number of rotatable bonds is 4. The van der Waals surface area contributed by atoms with Crippen molar-refractivity contribution in [3.8, 4) is 0 Å². The van der Waals surface area contributed by atoms with E-state index in [1.807, 2.05) is 13.8 Å². The van der Waals surface area contributed by atoms with Gasteiger partial charge in [-0.1, -0.05) is 13.8 Å². The Morgan fingerprint density at radius 3 is 2.55 bits per heavy atom. The molecule has 8 nitrogen and oxygen atoms in total. The van der Waals surface area contributed by atoms with Crippen molar-refractivity contribution in [1.29, 1.82) is 0 Å². The summed E-state index contributed by atoms with van der Waals surface area (Å²) in [6.45, 7) is 4.36. The molecule has 0 saturated carbocycles. The number of nitro groups is 1. The summed E-state index contributed by atoms with van der Waals surface area (Å²) in [5, 5.41) is 18.5. The van der Waals surface area contributed by atoms with Crippen LogP contribution in [0.5, 0.6) is 0 Å². The molecule has 1 aliphatic rings. The lowest BCUT2D eigenvalue weighted by atomic mass is 10.1. The van der Waals surface area contributed by atoms with Crippen LogP contribution in [-0.4, -0.2) is 45.1 Å². The summed E-state index contributed by atoms with van der Waals surface area (Å²) in [4.78, 5) is 24.4. The lowest BCUT2D eigenvalue weighted by Gasteiger charge is -2.12. The van der Waals surface area contributed by atoms with E-state index in [0.717, 1.165) is 0 Å². The normalized spacial score (nSPS) is 18.9. The zero-order valence-corrected chi connectivity index (χ0v) is 12.1. The Bertz CT molecular complexity index is 552. The third-order valence-corrected chi connectivity index (χ3v) is 3.52. The first-order valence-electron chi connectivity index (χ1n) is 6.55. The lowest BCUT2D eigenvalue weighted by Crippen LogP contribution is -2.31. The molecule has 0 radical (unpaired) electrons. The van der Waals surface area contributed by atoms with Gasteiger partial charge in [-0.3, -0.25) is 14.9 Å². The number of nitrogens with one attached hydrogen (secondary N) is 1. The molecule has 0 aromatic carbocycles. The number of hydrogen-bond donors (Lipinski definition) is 1. The second-order valence-corrected chi connectivity index (χ2v) is 5.36. The Kier molecular flexibility index (Phi) is 3.65. The van der Waals surface area contributed by atoms with Gasteiger partial charge in [-0.2, -0.15) is 5.10 Å². The zero-order chi connectivity index (χ0) is 15.0. The molecule has 0 aliphatic carbocycles. The van der Waals surface area contributed by atoms with Crippen molar-refractivity contribution in [1.82, 2.24) is 14.7 Å². The molecule has 0 bridgehead atoms. The Morgan fingerprint density at radius 2 is 2.10 bits per heavy atom. The average Bonchev–Trinajstić information content (AvgIpc) is 2.85. The van der Waals surface area contributed by atoms with Crippen LogP contribution in [0.2, 0.25) is 0 Å². The number of hydrogen-bond acceptors (Lipinski definition) is 5. The minimum atomic E-state index is -0.437. The lowest BCUT2D eigenvalue weighted by molar-refractivity contribution is -0.384. The number of carbonyl (C=O) groups is 1. The van der Waals surface area contributed by atoms with E-state index in [9.17, 15) is 14.9 Å². The van der Waals surface area contributed by atoms with E-state index >= 15 is 0 Å². The molecule has 0 spiro atoms. The molecule has 2 heterocycles. The Morgan fingerprint density at radius 1 is 1.45 bits per heavy atom. The Hall–Kier alpha value is -2.12. The van der Waals surface area contributed by atoms with Crippen molar-refractivity contribution >= 4 is 17.4 Å². The maximum Gasteiger partial charge on any atom is 0.334 e. The second-order valence-electron chi connectivity index (χ2n) is 5.36. The van der Waals surface area contributed by atoms with Crippen molar-refractivity contribution < 1.29 is 9.72 Å². The highest BCUT2D eigenvalue weighted by Gasteiger charge is 2.34. The average molecular weight is 281 g/mol. The van der Waals surface area contributed by atoms with E-state index in [0.29, 0.717) is 24.5 Å². The largest absolute Gasteiger partial charge is 0.353 e. The number of anilines is 1. The highest BCUT2D eigenvalue weighted by molar-refractivity contribution is 5.87. The van der Waals surface area contributed by atoms with Gasteiger partial charge in [-0.05, 0) is 6.42 Å². The predicted octanol–water partition coefficient (Wildman–Crippen LogP) is 1.09. The SMILES string of the molecule is CC(C)c1nn(C)c(NC2CCN(C)C2=O)c1[N+](=O)[O-]. The number of nitrogens with zero attached hydrogens (tertiary/aromatic N) is 4. The maximum atomic E-state index is 11.9. The minimum Gasteiger partial charge on any atom is -0.353 e. The monoisotopic (exact) mass is 281 g/mol. The highest BCUT2D eigenvalue weighted by atomic mass is 16.6. The van der Waals surface area contributed by atoms with Crippen LogP contribution < -0.4 is 5.32 Å². The summed E-state index contributed by atoms with van der Waals surface area (Å²) in [5.74, 6) is 0.193. The maximum absolute atomic E-state index is 11.9. The van der Waals surface area contributed by atoms with Gasteiger partial charge in [0.25, 0.3) is 0 Å². The van der Waals surface area contributed by atoms with Crippen molar-refractivity contribution in [2.75, 3.05) is 18.9 Å². The molecule has 1 fully saturated rings. The quantitative estimate of drug-likeness (QED) is 0.658. The van der Waals surface area contributed by atoms with Crippen LogP contribution in [0.1, 0.15) is 31.9 Å². The van der Waals surface area contributed by atoms with E-state index < -0.39 is 11.0 Å². The van der Waals surface area contributed by atoms with E-state index in [1.54, 1.807) is 19.0 Å². The number of carbonyl (C=O) groups excluding carboxylic acids is 1. The van der Waals surface area contributed by atoms with Crippen molar-refractivity contribution in [3.63, 3.8) is 0 Å². The molecule has 1 atom stereocenters. The first kappa shape index (κ1) is 14.3. The minimum absolute atomic E-state index is 0.0372. The summed E-state index contributed by atoms with van der Waals surface area (Å²) in [5.41, 5.74) is 0.392. The molecule has 1 aromatic heterocycles. The number of aryl methyl sites for hydroxylation is 1. The first-order valence-corrected chi connectivity index (χ1v) is 6.55. The summed E-state index contributed by atoms with van der Waals surface area (Å²) < 4.78 is 1.44. The summed E-state index contributed by atoms with van der Waals surface area (Å²) in [6, 6.07) is -0.422. The van der Waals surface area contributed by atoms with Crippen LogP contribution in [0, 0.1) is 10.1 Å². The number of likely N-dealkylation sites (N-methyl/N-ethyl adjacent to an activating group) is 1. The molecule has 8 heteroatoms. The van der Waals surface area contributed by atoms with Crippen LogP contribution in [-0.2, 0) is 11.8 Å². The zero-order valence-electron chi connectivity index (χ0n) is 12.1. The molecular formula is C12H19N5O3. The van der Waals surface area contributed by atoms with E-state index in [-0.39, 0.29) is 17.5 Å². The van der Waals surface area contributed by atoms with Crippen LogP contribution in [0.4, 0.5) is 11.5 Å². The van der Waals surface area contributed by atoms with Gasteiger partial charge in [-0.15, -0.1) is 0 Å². The fraction of sp³-hybridized carbons (Fsp3) is 0.667. The number of likely N-dealkylation sites (tertiary alicyclic amines) is 1. The van der Waals surface area contributed by atoms with E-state index in [2.05, 4.69) is 10.4 Å². The third kappa shape index (κ3) is 2.33. The van der Waals surface area contributed by atoms with Gasteiger partial charge in [0.05, 0.1) is 4.92 Å². The van der Waals surface area contributed by atoms with E-state index in [4.69, 9.17) is 0 Å². The van der Waals surface area contributed by atoms with Gasteiger partial charge >= 0.3 is 5.69 Å². The van der Waals surface area contributed by atoms with Gasteiger partial charge in [0.15, 0.2) is 0 Å². The molecule has 1 amide bonds.